The number of ether oxygens (including phenoxy) is 1. The van der Waals surface area contributed by atoms with E-state index < -0.39 is 0 Å². The van der Waals surface area contributed by atoms with Gasteiger partial charge in [0.1, 0.15) is 12.2 Å². The standard InChI is InChI=1S/C17H32N6O.HI/c1-4-18-17(22(2)13-16-20-14-21-23(16)3)19-11-12-24-15-9-7-5-6-8-10-15;/h14-15H,4-13H2,1-3H3,(H,18,19);1H. The summed E-state index contributed by atoms with van der Waals surface area (Å²) in [5.41, 5.74) is 0. The lowest BCUT2D eigenvalue weighted by molar-refractivity contribution is 0.0486. The van der Waals surface area contributed by atoms with Crippen molar-refractivity contribution < 1.29 is 4.74 Å². The molecule has 1 aliphatic rings. The van der Waals surface area contributed by atoms with Crippen LogP contribution in [0.1, 0.15) is 51.3 Å². The smallest absolute Gasteiger partial charge is 0.194 e. The number of aliphatic imine (C=N–C) groups is 1. The first-order chi connectivity index (χ1) is 11.7. The lowest BCUT2D eigenvalue weighted by Gasteiger charge is -2.21. The minimum absolute atomic E-state index is 0. The number of hydrogen-bond donors (Lipinski definition) is 1. The van der Waals surface area contributed by atoms with Crippen LogP contribution in [0.3, 0.4) is 0 Å². The molecule has 1 heterocycles. The van der Waals surface area contributed by atoms with Gasteiger partial charge in [-0.3, -0.25) is 9.67 Å². The van der Waals surface area contributed by atoms with Crippen LogP contribution in [0.2, 0.25) is 0 Å². The first-order valence-electron chi connectivity index (χ1n) is 9.14. The van der Waals surface area contributed by atoms with Gasteiger partial charge in [-0.25, -0.2) is 4.98 Å². The molecule has 1 saturated carbocycles. The molecule has 0 bridgehead atoms. The Kier molecular flexibility index (Phi) is 11.0. The molecule has 0 aromatic carbocycles. The van der Waals surface area contributed by atoms with Gasteiger partial charge in [-0.1, -0.05) is 25.7 Å². The van der Waals surface area contributed by atoms with Crippen LogP contribution in [0.5, 0.6) is 0 Å². The Morgan fingerprint density at radius 1 is 1.36 bits per heavy atom. The van der Waals surface area contributed by atoms with Crippen LogP contribution >= 0.6 is 24.0 Å². The molecule has 2 rings (SSSR count). The van der Waals surface area contributed by atoms with E-state index in [0.717, 1.165) is 18.3 Å². The summed E-state index contributed by atoms with van der Waals surface area (Å²) in [6, 6.07) is 0. The molecule has 1 aliphatic carbocycles. The van der Waals surface area contributed by atoms with E-state index in [9.17, 15) is 0 Å². The molecule has 1 aromatic heterocycles. The highest BCUT2D eigenvalue weighted by Gasteiger charge is 2.13. The van der Waals surface area contributed by atoms with Crippen molar-refractivity contribution in [3.8, 4) is 0 Å². The first-order valence-corrected chi connectivity index (χ1v) is 9.14. The number of aryl methyl sites for hydroxylation is 1. The second kappa shape index (κ2) is 12.5. The van der Waals surface area contributed by atoms with Crippen molar-refractivity contribution in [2.75, 3.05) is 26.7 Å². The van der Waals surface area contributed by atoms with E-state index in [-0.39, 0.29) is 24.0 Å². The maximum atomic E-state index is 6.02. The average Bonchev–Trinajstić information content (AvgIpc) is 2.82. The van der Waals surface area contributed by atoms with Gasteiger partial charge >= 0.3 is 0 Å². The van der Waals surface area contributed by atoms with Crippen molar-refractivity contribution >= 4 is 29.9 Å². The third kappa shape index (κ3) is 7.89. The van der Waals surface area contributed by atoms with Gasteiger partial charge in [0.15, 0.2) is 5.96 Å². The molecule has 1 N–H and O–H groups in total. The number of halogens is 1. The minimum Gasteiger partial charge on any atom is -0.376 e. The van der Waals surface area contributed by atoms with Crippen LogP contribution in [0, 0.1) is 0 Å². The van der Waals surface area contributed by atoms with Crippen molar-refractivity contribution in [3.05, 3.63) is 12.2 Å². The van der Waals surface area contributed by atoms with Gasteiger partial charge in [0.25, 0.3) is 0 Å². The second-order valence-corrected chi connectivity index (χ2v) is 6.38. The summed E-state index contributed by atoms with van der Waals surface area (Å²) in [6.45, 7) is 4.96. The number of nitrogens with zero attached hydrogens (tertiary/aromatic N) is 5. The van der Waals surface area contributed by atoms with Gasteiger partial charge in [0.05, 0.1) is 25.8 Å². The number of rotatable bonds is 7. The number of nitrogens with one attached hydrogen (secondary N) is 1. The van der Waals surface area contributed by atoms with Crippen molar-refractivity contribution in [3.63, 3.8) is 0 Å². The van der Waals surface area contributed by atoms with Gasteiger partial charge in [0.2, 0.25) is 0 Å². The minimum atomic E-state index is 0. The highest BCUT2D eigenvalue weighted by Crippen LogP contribution is 2.19. The molecule has 0 saturated heterocycles. The zero-order chi connectivity index (χ0) is 17.2. The van der Waals surface area contributed by atoms with Crippen LogP contribution in [0.4, 0.5) is 0 Å². The van der Waals surface area contributed by atoms with E-state index >= 15 is 0 Å². The largest absolute Gasteiger partial charge is 0.376 e. The summed E-state index contributed by atoms with van der Waals surface area (Å²) in [7, 11) is 3.92. The molecule has 0 unspecified atom stereocenters. The molecule has 0 aliphatic heterocycles. The molecule has 7 nitrogen and oxygen atoms in total. The Morgan fingerprint density at radius 2 is 2.08 bits per heavy atom. The summed E-state index contributed by atoms with van der Waals surface area (Å²) in [5, 5.41) is 7.43. The average molecular weight is 464 g/mol. The van der Waals surface area contributed by atoms with Gasteiger partial charge in [-0.15, -0.1) is 24.0 Å². The SMILES string of the molecule is CCNC(=NCCOC1CCCCCC1)N(C)Cc1ncnn1C.I. The maximum absolute atomic E-state index is 6.02. The third-order valence-corrected chi connectivity index (χ3v) is 4.39. The van der Waals surface area contributed by atoms with E-state index in [4.69, 9.17) is 4.74 Å². The van der Waals surface area contributed by atoms with Crippen molar-refractivity contribution in [1.82, 2.24) is 25.0 Å². The molecule has 0 radical (unpaired) electrons. The summed E-state index contributed by atoms with van der Waals surface area (Å²) in [6.07, 6.45) is 9.74. The van der Waals surface area contributed by atoms with Crippen LogP contribution in [0.25, 0.3) is 0 Å². The Bertz CT molecular complexity index is 499. The molecule has 1 aromatic rings. The molecule has 0 spiro atoms. The van der Waals surface area contributed by atoms with E-state index in [0.29, 0.717) is 25.8 Å². The van der Waals surface area contributed by atoms with Crippen LogP contribution < -0.4 is 5.32 Å². The molecule has 0 amide bonds. The molecule has 8 heteroatoms. The Hall–Kier alpha value is -0.900. The van der Waals surface area contributed by atoms with Gasteiger partial charge in [-0.05, 0) is 19.8 Å². The van der Waals surface area contributed by atoms with Gasteiger partial charge in [0, 0.05) is 20.6 Å². The number of guanidine groups is 1. The second-order valence-electron chi connectivity index (χ2n) is 6.38. The molecular formula is C17H33IN6O. The fourth-order valence-corrected chi connectivity index (χ4v) is 3.00. The van der Waals surface area contributed by atoms with E-state index in [1.807, 2.05) is 14.1 Å². The highest BCUT2D eigenvalue weighted by atomic mass is 127. The van der Waals surface area contributed by atoms with Crippen LogP contribution in [-0.4, -0.2) is 58.5 Å². The number of hydrogen-bond acceptors (Lipinski definition) is 4. The summed E-state index contributed by atoms with van der Waals surface area (Å²) >= 11 is 0. The monoisotopic (exact) mass is 464 g/mol. The maximum Gasteiger partial charge on any atom is 0.194 e. The Labute approximate surface area is 168 Å². The Morgan fingerprint density at radius 3 is 2.68 bits per heavy atom. The molecule has 144 valence electrons. The molecule has 1 fully saturated rings. The summed E-state index contributed by atoms with van der Waals surface area (Å²) in [5.74, 6) is 1.79. The van der Waals surface area contributed by atoms with Gasteiger partial charge < -0.3 is 15.0 Å². The quantitative estimate of drug-likeness (QED) is 0.221. The van der Waals surface area contributed by atoms with Crippen molar-refractivity contribution in [1.29, 1.82) is 0 Å². The summed E-state index contributed by atoms with van der Waals surface area (Å²) in [4.78, 5) is 11.0. The number of aromatic nitrogens is 3. The molecule has 0 atom stereocenters. The third-order valence-electron chi connectivity index (χ3n) is 4.39. The Balaban J connectivity index is 0.00000312. The predicted octanol–water partition coefficient (Wildman–Crippen LogP) is 2.57. The van der Waals surface area contributed by atoms with Crippen LogP contribution in [-0.2, 0) is 18.3 Å². The lowest BCUT2D eigenvalue weighted by Crippen LogP contribution is -2.39. The normalized spacial score (nSPS) is 16.2. The zero-order valence-corrected chi connectivity index (χ0v) is 18.1. The lowest BCUT2D eigenvalue weighted by atomic mass is 10.1. The highest BCUT2D eigenvalue weighted by molar-refractivity contribution is 14.0. The van der Waals surface area contributed by atoms with Crippen LogP contribution in [0.15, 0.2) is 11.3 Å². The topological polar surface area (TPSA) is 67.6 Å². The predicted molar refractivity (Wildman–Crippen MR) is 111 cm³/mol. The van der Waals surface area contributed by atoms with Crippen molar-refractivity contribution in [2.45, 2.75) is 58.1 Å². The van der Waals surface area contributed by atoms with Gasteiger partial charge in [-0.2, -0.15) is 5.10 Å². The molecular weight excluding hydrogens is 431 g/mol. The molecule has 25 heavy (non-hydrogen) atoms. The zero-order valence-electron chi connectivity index (χ0n) is 15.8. The van der Waals surface area contributed by atoms with E-state index in [1.165, 1.54) is 38.5 Å². The fourth-order valence-electron chi connectivity index (χ4n) is 3.00. The van der Waals surface area contributed by atoms with E-state index in [1.54, 1.807) is 11.0 Å². The van der Waals surface area contributed by atoms with E-state index in [2.05, 4.69) is 32.2 Å². The van der Waals surface area contributed by atoms with Crippen molar-refractivity contribution in [2.24, 2.45) is 12.0 Å². The summed E-state index contributed by atoms with van der Waals surface area (Å²) < 4.78 is 7.80. The fraction of sp³-hybridized carbons (Fsp3) is 0.824. The first kappa shape index (κ1) is 22.1.